The fourth-order valence-corrected chi connectivity index (χ4v) is 4.36. The van der Waals surface area contributed by atoms with Gasteiger partial charge in [0, 0.05) is 19.1 Å². The zero-order valence-corrected chi connectivity index (χ0v) is 14.0. The highest BCUT2D eigenvalue weighted by atomic mass is 35.5. The molecule has 114 valence electrons. The molecule has 0 aromatic heterocycles. The minimum atomic E-state index is -3.47. The van der Waals surface area contributed by atoms with Crippen LogP contribution in [0.15, 0.2) is 23.1 Å². The van der Waals surface area contributed by atoms with E-state index < -0.39 is 10.0 Å². The van der Waals surface area contributed by atoms with Gasteiger partial charge in [-0.2, -0.15) is 4.31 Å². The third-order valence-corrected chi connectivity index (χ3v) is 5.95. The highest BCUT2D eigenvalue weighted by molar-refractivity contribution is 7.89. The van der Waals surface area contributed by atoms with Crippen LogP contribution in [0.25, 0.3) is 0 Å². The van der Waals surface area contributed by atoms with Crippen LogP contribution in [0.3, 0.4) is 0 Å². The monoisotopic (exact) mass is 338 g/mol. The lowest BCUT2D eigenvalue weighted by atomic mass is 10.1. The molecule has 1 N–H and O–H groups in total. The fourth-order valence-electron chi connectivity index (χ4n) is 2.33. The van der Waals surface area contributed by atoms with E-state index >= 15 is 0 Å². The van der Waals surface area contributed by atoms with E-state index in [9.17, 15) is 8.42 Å². The topological polar surface area (TPSA) is 49.4 Å². The minimum Gasteiger partial charge on any atom is -0.317 e. The van der Waals surface area contributed by atoms with Gasteiger partial charge in [0.25, 0.3) is 0 Å². The van der Waals surface area contributed by atoms with Crippen molar-refractivity contribution in [2.75, 3.05) is 20.1 Å². The van der Waals surface area contributed by atoms with Gasteiger partial charge < -0.3 is 5.32 Å². The molecule has 1 aromatic rings. The molecule has 1 heterocycles. The van der Waals surface area contributed by atoms with Crippen LogP contribution in [0.1, 0.15) is 18.4 Å². The van der Waals surface area contributed by atoms with Crippen molar-refractivity contribution in [3.63, 3.8) is 0 Å². The molecule has 1 aliphatic rings. The molecule has 1 aliphatic heterocycles. The summed E-state index contributed by atoms with van der Waals surface area (Å²) >= 11 is 6.04. The molecule has 1 aromatic carbocycles. The Bertz CT molecular complexity index is 555. The lowest BCUT2D eigenvalue weighted by Gasteiger charge is -2.31. The summed E-state index contributed by atoms with van der Waals surface area (Å²) in [5.41, 5.74) is 0.896. The molecule has 7 heteroatoms. The maximum atomic E-state index is 12.6. The summed E-state index contributed by atoms with van der Waals surface area (Å²) in [5, 5.41) is 3.48. The first kappa shape index (κ1) is 17.7. The number of aryl methyl sites for hydroxylation is 1. The average Bonchev–Trinajstić information content (AvgIpc) is 2.41. The van der Waals surface area contributed by atoms with Gasteiger partial charge in [0.15, 0.2) is 0 Å². The molecule has 4 nitrogen and oxygen atoms in total. The molecule has 1 saturated heterocycles. The quantitative estimate of drug-likeness (QED) is 0.920. The molecular formula is C13H20Cl2N2O2S. The predicted octanol–water partition coefficient (Wildman–Crippen LogP) is 2.44. The molecular weight excluding hydrogens is 319 g/mol. The van der Waals surface area contributed by atoms with Crippen molar-refractivity contribution in [2.45, 2.75) is 30.7 Å². The first-order valence-corrected chi connectivity index (χ1v) is 8.20. The van der Waals surface area contributed by atoms with Crippen molar-refractivity contribution in [1.82, 2.24) is 9.62 Å². The van der Waals surface area contributed by atoms with Gasteiger partial charge in [0.05, 0.1) is 5.02 Å². The second kappa shape index (κ2) is 7.09. The Morgan fingerprint density at radius 2 is 1.90 bits per heavy atom. The molecule has 0 aliphatic carbocycles. The Balaban J connectivity index is 0.00000200. The van der Waals surface area contributed by atoms with Crippen LogP contribution in [0.4, 0.5) is 0 Å². The van der Waals surface area contributed by atoms with Crippen LogP contribution in [0.2, 0.25) is 5.02 Å². The number of piperidine rings is 1. The second-order valence-corrected chi connectivity index (χ2v) is 7.21. The molecule has 0 saturated carbocycles. The molecule has 1 fully saturated rings. The van der Waals surface area contributed by atoms with E-state index in [1.807, 2.05) is 20.0 Å². The van der Waals surface area contributed by atoms with Crippen molar-refractivity contribution in [3.05, 3.63) is 28.8 Å². The Morgan fingerprint density at radius 3 is 2.45 bits per heavy atom. The van der Waals surface area contributed by atoms with E-state index in [4.69, 9.17) is 11.6 Å². The van der Waals surface area contributed by atoms with E-state index in [0.717, 1.165) is 18.4 Å². The molecule has 0 bridgehead atoms. The SMILES string of the molecule is CNC1CCN(S(=O)(=O)c2cc(C)ccc2Cl)CC1.Cl. The van der Waals surface area contributed by atoms with Gasteiger partial charge >= 0.3 is 0 Å². The van der Waals surface area contributed by atoms with E-state index in [1.165, 1.54) is 4.31 Å². The summed E-state index contributed by atoms with van der Waals surface area (Å²) in [7, 11) is -1.56. The third-order valence-electron chi connectivity index (χ3n) is 3.57. The normalized spacial score (nSPS) is 17.8. The second-order valence-electron chi connectivity index (χ2n) is 4.90. The molecule has 2 rings (SSSR count). The third kappa shape index (κ3) is 3.65. The lowest BCUT2D eigenvalue weighted by Crippen LogP contribution is -2.43. The minimum absolute atomic E-state index is 0. The van der Waals surface area contributed by atoms with Crippen LogP contribution in [-0.2, 0) is 10.0 Å². The summed E-state index contributed by atoms with van der Waals surface area (Å²) in [6.07, 6.45) is 1.67. The summed E-state index contributed by atoms with van der Waals surface area (Å²) in [6.45, 7) is 2.94. The van der Waals surface area contributed by atoms with Gasteiger partial charge in [-0.3, -0.25) is 0 Å². The molecule has 0 unspecified atom stereocenters. The van der Waals surface area contributed by atoms with Crippen molar-refractivity contribution >= 4 is 34.0 Å². The van der Waals surface area contributed by atoms with Gasteiger partial charge in [-0.25, -0.2) is 8.42 Å². The summed E-state index contributed by atoms with van der Waals surface area (Å²) < 4.78 is 26.7. The van der Waals surface area contributed by atoms with Crippen molar-refractivity contribution in [3.8, 4) is 0 Å². The maximum absolute atomic E-state index is 12.6. The number of sulfonamides is 1. The molecule has 0 radical (unpaired) electrons. The highest BCUT2D eigenvalue weighted by Gasteiger charge is 2.30. The van der Waals surface area contributed by atoms with E-state index in [0.29, 0.717) is 24.2 Å². The predicted molar refractivity (Wildman–Crippen MR) is 84.3 cm³/mol. The number of nitrogens with zero attached hydrogens (tertiary/aromatic N) is 1. The fraction of sp³-hybridized carbons (Fsp3) is 0.538. The standard InChI is InChI=1S/C13H19ClN2O2S.ClH/c1-10-3-4-12(14)13(9-10)19(17,18)16-7-5-11(15-2)6-8-16;/h3-4,9,11,15H,5-8H2,1-2H3;1H. The highest BCUT2D eigenvalue weighted by Crippen LogP contribution is 2.27. The average molecular weight is 339 g/mol. The lowest BCUT2D eigenvalue weighted by molar-refractivity contribution is 0.298. The Labute approximate surface area is 132 Å². The van der Waals surface area contributed by atoms with Gasteiger partial charge in [0.2, 0.25) is 10.0 Å². The molecule has 0 amide bonds. The zero-order chi connectivity index (χ0) is 14.0. The zero-order valence-electron chi connectivity index (χ0n) is 11.6. The van der Waals surface area contributed by atoms with Crippen molar-refractivity contribution < 1.29 is 8.42 Å². The number of hydrogen-bond donors (Lipinski definition) is 1. The van der Waals surface area contributed by atoms with Crippen LogP contribution in [0.5, 0.6) is 0 Å². The number of hydrogen-bond acceptors (Lipinski definition) is 3. The Kier molecular flexibility index (Phi) is 6.28. The summed E-state index contributed by atoms with van der Waals surface area (Å²) in [6, 6.07) is 5.50. The summed E-state index contributed by atoms with van der Waals surface area (Å²) in [4.78, 5) is 0.220. The first-order chi connectivity index (χ1) is 8.95. The maximum Gasteiger partial charge on any atom is 0.244 e. The number of benzene rings is 1. The molecule has 20 heavy (non-hydrogen) atoms. The van der Waals surface area contributed by atoms with Crippen LogP contribution >= 0.6 is 24.0 Å². The number of nitrogens with one attached hydrogen (secondary N) is 1. The number of rotatable bonds is 3. The van der Waals surface area contributed by atoms with Gasteiger partial charge in [-0.1, -0.05) is 17.7 Å². The van der Waals surface area contributed by atoms with Gasteiger partial charge in [-0.15, -0.1) is 12.4 Å². The van der Waals surface area contributed by atoms with Gasteiger partial charge in [-0.05, 0) is 44.5 Å². The van der Waals surface area contributed by atoms with E-state index in [-0.39, 0.29) is 17.3 Å². The summed E-state index contributed by atoms with van der Waals surface area (Å²) in [5.74, 6) is 0. The van der Waals surface area contributed by atoms with Gasteiger partial charge in [0.1, 0.15) is 4.90 Å². The van der Waals surface area contributed by atoms with E-state index in [2.05, 4.69) is 5.32 Å². The van der Waals surface area contributed by atoms with Crippen molar-refractivity contribution in [1.29, 1.82) is 0 Å². The smallest absolute Gasteiger partial charge is 0.244 e. The van der Waals surface area contributed by atoms with Crippen LogP contribution in [0, 0.1) is 6.92 Å². The Hall–Kier alpha value is -0.330. The largest absolute Gasteiger partial charge is 0.317 e. The first-order valence-electron chi connectivity index (χ1n) is 6.38. The van der Waals surface area contributed by atoms with E-state index in [1.54, 1.807) is 12.1 Å². The van der Waals surface area contributed by atoms with Crippen LogP contribution < -0.4 is 5.32 Å². The number of halogens is 2. The van der Waals surface area contributed by atoms with Crippen molar-refractivity contribution in [2.24, 2.45) is 0 Å². The Morgan fingerprint density at radius 1 is 1.30 bits per heavy atom. The molecule has 0 spiro atoms. The molecule has 0 atom stereocenters. The van der Waals surface area contributed by atoms with Crippen LogP contribution in [-0.4, -0.2) is 38.9 Å².